The lowest BCUT2D eigenvalue weighted by molar-refractivity contribution is -0.376. The first kappa shape index (κ1) is 18.8. The fraction of sp³-hybridized carbons (Fsp3) is 0.188. The van der Waals surface area contributed by atoms with Crippen LogP contribution in [0, 0.1) is 0 Å². The monoisotopic (exact) mass is 392 g/mol. The van der Waals surface area contributed by atoms with Crippen LogP contribution in [0.4, 0.5) is 32.2 Å². The van der Waals surface area contributed by atoms with Crippen molar-refractivity contribution >= 4 is 5.88 Å². The first-order valence-corrected chi connectivity index (χ1v) is 7.21. The topological polar surface area (TPSA) is 85.4 Å². The largest absolute Gasteiger partial charge is 0.472 e. The zero-order valence-electron chi connectivity index (χ0n) is 13.1. The van der Waals surface area contributed by atoms with Crippen molar-refractivity contribution in [2.45, 2.75) is 18.0 Å². The number of benzene rings is 1. The molecule has 1 aromatic carbocycles. The first-order chi connectivity index (χ1) is 12.5. The number of aromatic nitrogens is 1. The van der Waals surface area contributed by atoms with E-state index >= 15 is 0 Å². The summed E-state index contributed by atoms with van der Waals surface area (Å²) in [6, 6.07) is 4.44. The molecule has 27 heavy (non-hydrogen) atoms. The van der Waals surface area contributed by atoms with Gasteiger partial charge in [-0.3, -0.25) is 0 Å². The van der Waals surface area contributed by atoms with E-state index in [1.54, 1.807) is 0 Å². The third-order valence-corrected chi connectivity index (χ3v) is 3.92. The fourth-order valence-electron chi connectivity index (χ4n) is 2.54. The van der Waals surface area contributed by atoms with E-state index in [0.717, 1.165) is 12.1 Å². The van der Waals surface area contributed by atoms with Gasteiger partial charge in [0.2, 0.25) is 5.88 Å². The molecular weight excluding hydrogens is 382 g/mol. The molecule has 0 aliphatic rings. The molecule has 0 spiro atoms. The van der Waals surface area contributed by atoms with Crippen LogP contribution in [0.1, 0.15) is 5.56 Å². The molecule has 0 saturated carbocycles. The maximum atomic E-state index is 12.9. The summed E-state index contributed by atoms with van der Waals surface area (Å²) in [4.78, 5) is 0. The molecule has 3 rings (SSSR count). The molecule has 5 nitrogen and oxygen atoms in total. The number of hydrogen-bond acceptors (Lipinski definition) is 5. The minimum absolute atomic E-state index is 0.139. The Morgan fingerprint density at radius 2 is 1.48 bits per heavy atom. The Morgan fingerprint density at radius 3 is 1.96 bits per heavy atom. The second-order valence-electron chi connectivity index (χ2n) is 5.57. The van der Waals surface area contributed by atoms with Gasteiger partial charge in [-0.15, -0.1) is 0 Å². The summed E-state index contributed by atoms with van der Waals surface area (Å²) in [5.41, 5.74) is 0.211. The fourth-order valence-corrected chi connectivity index (χ4v) is 2.54. The number of rotatable bonds is 3. The van der Waals surface area contributed by atoms with Crippen LogP contribution < -0.4 is 5.73 Å². The lowest BCUT2D eigenvalue weighted by Crippen LogP contribution is -2.53. The van der Waals surface area contributed by atoms with Crippen LogP contribution in [-0.2, 0) is 5.60 Å². The number of hydrogen-bond donors (Lipinski definition) is 2. The van der Waals surface area contributed by atoms with Gasteiger partial charge in [0.1, 0.15) is 5.69 Å². The van der Waals surface area contributed by atoms with Gasteiger partial charge in [-0.05, 0) is 11.6 Å². The maximum absolute atomic E-state index is 12.9. The van der Waals surface area contributed by atoms with Gasteiger partial charge in [0, 0.05) is 11.1 Å². The summed E-state index contributed by atoms with van der Waals surface area (Å²) < 4.78 is 87.5. The molecule has 0 saturated heterocycles. The van der Waals surface area contributed by atoms with Crippen molar-refractivity contribution in [2.75, 3.05) is 5.73 Å². The molecule has 2 aromatic heterocycles. The highest BCUT2D eigenvalue weighted by Crippen LogP contribution is 2.50. The Morgan fingerprint density at radius 1 is 0.889 bits per heavy atom. The molecule has 0 bridgehead atoms. The van der Waals surface area contributed by atoms with Crippen molar-refractivity contribution in [1.29, 1.82) is 0 Å². The summed E-state index contributed by atoms with van der Waals surface area (Å²) in [6.45, 7) is 0. The zero-order chi connectivity index (χ0) is 20.0. The van der Waals surface area contributed by atoms with Crippen LogP contribution in [0.2, 0.25) is 0 Å². The molecule has 3 N–H and O–H groups in total. The Labute approximate surface area is 147 Å². The van der Waals surface area contributed by atoms with Gasteiger partial charge >= 0.3 is 12.4 Å². The van der Waals surface area contributed by atoms with Crippen LogP contribution in [-0.4, -0.2) is 22.6 Å². The van der Waals surface area contributed by atoms with Crippen LogP contribution in [0.15, 0.2) is 51.8 Å². The molecule has 0 amide bonds. The van der Waals surface area contributed by atoms with Gasteiger partial charge in [0.05, 0.1) is 18.1 Å². The summed E-state index contributed by atoms with van der Waals surface area (Å²) in [6.07, 6.45) is -9.29. The molecule has 0 aliphatic carbocycles. The molecule has 3 aromatic rings. The number of furan rings is 1. The predicted octanol–water partition coefficient (Wildman–Crippen LogP) is 4.50. The van der Waals surface area contributed by atoms with Gasteiger partial charge < -0.3 is 19.8 Å². The van der Waals surface area contributed by atoms with Crippen molar-refractivity contribution in [3.05, 3.63) is 48.4 Å². The van der Waals surface area contributed by atoms with Crippen molar-refractivity contribution in [3.63, 3.8) is 0 Å². The average Bonchev–Trinajstić information content (AvgIpc) is 3.21. The highest BCUT2D eigenvalue weighted by atomic mass is 19.4. The van der Waals surface area contributed by atoms with E-state index in [4.69, 9.17) is 14.7 Å². The van der Waals surface area contributed by atoms with Gasteiger partial charge in [-0.2, -0.15) is 26.3 Å². The zero-order valence-corrected chi connectivity index (χ0v) is 13.1. The number of halogens is 6. The molecule has 2 heterocycles. The number of nitrogens with two attached hydrogens (primary N) is 1. The third kappa shape index (κ3) is 2.93. The second-order valence-corrected chi connectivity index (χ2v) is 5.57. The van der Waals surface area contributed by atoms with E-state index in [0.29, 0.717) is 17.7 Å². The molecule has 0 aliphatic heterocycles. The van der Waals surface area contributed by atoms with Crippen molar-refractivity contribution in [1.82, 2.24) is 5.16 Å². The van der Waals surface area contributed by atoms with Crippen LogP contribution in [0.3, 0.4) is 0 Å². The maximum Gasteiger partial charge on any atom is 0.430 e. The van der Waals surface area contributed by atoms with E-state index in [2.05, 4.69) is 5.16 Å². The Kier molecular flexibility index (Phi) is 4.22. The van der Waals surface area contributed by atoms with E-state index in [-0.39, 0.29) is 22.7 Å². The van der Waals surface area contributed by atoms with Crippen LogP contribution >= 0.6 is 0 Å². The number of anilines is 1. The SMILES string of the molecule is Nc1onc(-c2ccoc2)c1-c1ccc(C(O)(C(F)(F)F)C(F)(F)F)cc1. The lowest BCUT2D eigenvalue weighted by atomic mass is 9.90. The summed E-state index contributed by atoms with van der Waals surface area (Å²) in [5.74, 6) is -0.194. The minimum Gasteiger partial charge on any atom is -0.472 e. The molecule has 0 radical (unpaired) electrons. The molecule has 0 fully saturated rings. The summed E-state index contributed by atoms with van der Waals surface area (Å²) >= 11 is 0. The highest BCUT2D eigenvalue weighted by Gasteiger charge is 2.71. The number of nitrogens with zero attached hydrogens (tertiary/aromatic N) is 1. The van der Waals surface area contributed by atoms with Crippen LogP contribution in [0.25, 0.3) is 22.4 Å². The number of alkyl halides is 6. The van der Waals surface area contributed by atoms with E-state index in [1.165, 1.54) is 18.6 Å². The van der Waals surface area contributed by atoms with E-state index in [9.17, 15) is 31.4 Å². The molecule has 0 atom stereocenters. The van der Waals surface area contributed by atoms with Gasteiger partial charge in [0.25, 0.3) is 5.60 Å². The number of nitrogen functional groups attached to an aromatic ring is 1. The van der Waals surface area contributed by atoms with Gasteiger partial charge in [-0.25, -0.2) is 0 Å². The van der Waals surface area contributed by atoms with Gasteiger partial charge in [-0.1, -0.05) is 29.4 Å². The molecular formula is C16H10F6N2O3. The van der Waals surface area contributed by atoms with Crippen molar-refractivity contribution in [2.24, 2.45) is 0 Å². The average molecular weight is 392 g/mol. The summed E-state index contributed by atoms with van der Waals surface area (Å²) in [5, 5.41) is 13.1. The summed E-state index contributed by atoms with van der Waals surface area (Å²) in [7, 11) is 0. The Hall–Kier alpha value is -2.95. The van der Waals surface area contributed by atoms with Gasteiger partial charge in [0.15, 0.2) is 0 Å². The molecule has 144 valence electrons. The smallest absolute Gasteiger partial charge is 0.430 e. The Balaban J connectivity index is 2.09. The van der Waals surface area contributed by atoms with Crippen molar-refractivity contribution < 1.29 is 40.4 Å². The normalized spacial score (nSPS) is 13.1. The van der Waals surface area contributed by atoms with Crippen molar-refractivity contribution in [3.8, 4) is 22.4 Å². The highest BCUT2D eigenvalue weighted by molar-refractivity contribution is 5.86. The predicted molar refractivity (Wildman–Crippen MR) is 80.1 cm³/mol. The molecule has 11 heteroatoms. The van der Waals surface area contributed by atoms with E-state index in [1.807, 2.05) is 0 Å². The van der Waals surface area contributed by atoms with E-state index < -0.39 is 23.5 Å². The van der Waals surface area contributed by atoms with Crippen LogP contribution in [0.5, 0.6) is 0 Å². The lowest BCUT2D eigenvalue weighted by Gasteiger charge is -2.32. The quantitative estimate of drug-likeness (QED) is 0.642. The minimum atomic E-state index is -5.97. The number of aliphatic hydroxyl groups is 1. The Bertz CT molecular complexity index is 913. The second kappa shape index (κ2) is 6.05. The molecule has 0 unspecified atom stereocenters. The standard InChI is InChI=1S/C16H10F6N2O3/c17-15(18,19)14(25,16(20,21)22)10-3-1-8(2-4-10)11-12(24-27-13(11)23)9-5-6-26-7-9/h1-7,25H,23H2. The third-order valence-electron chi connectivity index (χ3n) is 3.92. The first-order valence-electron chi connectivity index (χ1n) is 7.21.